The van der Waals surface area contributed by atoms with Crippen LogP contribution in [0, 0.1) is 0 Å². The molecule has 1 aliphatic rings. The monoisotopic (exact) mass is 538 g/mol. The largest absolute Gasteiger partial charge is 0.493 e. The zero-order valence-electron chi connectivity index (χ0n) is 22.0. The Hall–Kier alpha value is -5.19. The van der Waals surface area contributed by atoms with Crippen LogP contribution in [0.5, 0.6) is 23.1 Å². The first-order valence-corrected chi connectivity index (χ1v) is 12.8. The average Bonchev–Trinajstić information content (AvgIpc) is 3.29. The lowest BCUT2D eigenvalue weighted by Gasteiger charge is -2.19. The van der Waals surface area contributed by atoms with Crippen LogP contribution in [0.4, 0.5) is 5.82 Å². The summed E-state index contributed by atoms with van der Waals surface area (Å²) >= 11 is 0. The second-order valence-corrected chi connectivity index (χ2v) is 9.19. The molecule has 0 fully saturated rings. The lowest BCUT2D eigenvalue weighted by Crippen LogP contribution is -2.26. The summed E-state index contributed by atoms with van der Waals surface area (Å²) in [6.45, 7) is 0.674. The second kappa shape index (κ2) is 10.5. The predicted octanol–water partition coefficient (Wildman–Crippen LogP) is 4.38. The topological polar surface area (TPSA) is 122 Å². The molecule has 2 aromatic carbocycles. The Balaban J connectivity index is 1.25. The summed E-state index contributed by atoms with van der Waals surface area (Å²) in [5, 5.41) is 3.40. The third-order valence-electron chi connectivity index (χ3n) is 6.81. The number of ether oxygens (including phenoxy) is 3. The minimum atomic E-state index is -0.491. The Morgan fingerprint density at radius 1 is 0.950 bits per heavy atom. The number of hydrogen-bond acceptors (Lipinski definition) is 8. The number of para-hydroxylation sites is 1. The fraction of sp³-hybridized carbons (Fsp3) is 0.207. The van der Waals surface area contributed by atoms with Gasteiger partial charge in [-0.05, 0) is 49.6 Å². The molecule has 1 amide bonds. The normalized spacial score (nSPS) is 12.6. The van der Waals surface area contributed by atoms with Crippen molar-refractivity contribution in [2.75, 3.05) is 19.5 Å². The maximum atomic E-state index is 13.5. The molecule has 0 unspecified atom stereocenters. The van der Waals surface area contributed by atoms with Crippen molar-refractivity contribution in [2.45, 2.75) is 25.8 Å². The standard InChI is InChI=1S/C29H26N6O5/c1-38-23-14-20-21(15-24(23)39-2)31-17-32-28(20)40-19-11-12-25(30-16-19)33-27(36)26-22-10-6-7-13-34(22)35(29(26)37)18-8-4-3-5-9-18/h3-5,8-9,11-12,14-17H,6-7,10,13H2,1-2H3,(H,30,33,36). The number of anilines is 1. The first-order chi connectivity index (χ1) is 19.6. The number of pyridine rings is 1. The molecule has 40 heavy (non-hydrogen) atoms. The van der Waals surface area contributed by atoms with Gasteiger partial charge in [-0.1, -0.05) is 18.2 Å². The summed E-state index contributed by atoms with van der Waals surface area (Å²) in [7, 11) is 3.10. The van der Waals surface area contributed by atoms with E-state index in [4.69, 9.17) is 14.2 Å². The van der Waals surface area contributed by atoms with Crippen LogP contribution in [0.2, 0.25) is 0 Å². The van der Waals surface area contributed by atoms with Crippen molar-refractivity contribution in [1.29, 1.82) is 0 Å². The summed E-state index contributed by atoms with van der Waals surface area (Å²) in [6.07, 6.45) is 5.38. The molecule has 0 atom stereocenters. The number of benzene rings is 2. The highest BCUT2D eigenvalue weighted by Gasteiger charge is 2.28. The molecule has 0 saturated heterocycles. The van der Waals surface area contributed by atoms with E-state index >= 15 is 0 Å². The summed E-state index contributed by atoms with van der Waals surface area (Å²) in [4.78, 5) is 39.7. The van der Waals surface area contributed by atoms with Crippen molar-refractivity contribution in [2.24, 2.45) is 0 Å². The van der Waals surface area contributed by atoms with E-state index < -0.39 is 5.91 Å². The van der Waals surface area contributed by atoms with Crippen LogP contribution in [0.15, 0.2) is 71.9 Å². The Bertz CT molecular complexity index is 1760. The van der Waals surface area contributed by atoms with E-state index in [2.05, 4.69) is 20.3 Å². The zero-order valence-corrected chi connectivity index (χ0v) is 22.0. The van der Waals surface area contributed by atoms with Crippen LogP contribution in [0.3, 0.4) is 0 Å². The number of carbonyl (C=O) groups is 1. The number of nitrogens with zero attached hydrogens (tertiary/aromatic N) is 5. The van der Waals surface area contributed by atoms with E-state index in [1.54, 1.807) is 43.2 Å². The van der Waals surface area contributed by atoms with Gasteiger partial charge in [0.25, 0.3) is 11.5 Å². The number of aromatic nitrogens is 5. The van der Waals surface area contributed by atoms with Crippen molar-refractivity contribution >= 4 is 22.6 Å². The molecule has 5 aromatic rings. The van der Waals surface area contributed by atoms with Gasteiger partial charge in [-0.3, -0.25) is 14.3 Å². The number of methoxy groups -OCH3 is 2. The van der Waals surface area contributed by atoms with Crippen molar-refractivity contribution in [1.82, 2.24) is 24.3 Å². The lowest BCUT2D eigenvalue weighted by molar-refractivity contribution is 0.102. The minimum Gasteiger partial charge on any atom is -0.493 e. The van der Waals surface area contributed by atoms with Crippen LogP contribution in [-0.4, -0.2) is 44.4 Å². The molecule has 4 heterocycles. The molecule has 6 rings (SSSR count). The number of rotatable bonds is 7. The highest BCUT2D eigenvalue weighted by atomic mass is 16.5. The van der Waals surface area contributed by atoms with Gasteiger partial charge >= 0.3 is 0 Å². The molecule has 0 radical (unpaired) electrons. The molecular formula is C29H26N6O5. The van der Waals surface area contributed by atoms with Gasteiger partial charge in [0, 0.05) is 12.6 Å². The number of amides is 1. The Morgan fingerprint density at radius 3 is 2.50 bits per heavy atom. The number of carbonyl (C=O) groups excluding carboxylic acids is 1. The van der Waals surface area contributed by atoms with Crippen LogP contribution in [0.1, 0.15) is 28.9 Å². The molecule has 202 valence electrons. The third-order valence-corrected chi connectivity index (χ3v) is 6.81. The lowest BCUT2D eigenvalue weighted by atomic mass is 10.1. The van der Waals surface area contributed by atoms with E-state index in [0.29, 0.717) is 47.0 Å². The third kappa shape index (κ3) is 4.51. The maximum absolute atomic E-state index is 13.5. The molecular weight excluding hydrogens is 512 g/mol. The quantitative estimate of drug-likeness (QED) is 0.324. The maximum Gasteiger partial charge on any atom is 0.284 e. The van der Waals surface area contributed by atoms with Gasteiger partial charge in [-0.15, -0.1) is 0 Å². The minimum absolute atomic E-state index is 0.141. The predicted molar refractivity (Wildman–Crippen MR) is 148 cm³/mol. The summed E-state index contributed by atoms with van der Waals surface area (Å²) in [5.41, 5.74) is 1.88. The highest BCUT2D eigenvalue weighted by molar-refractivity contribution is 6.04. The van der Waals surface area contributed by atoms with E-state index in [9.17, 15) is 9.59 Å². The zero-order chi connectivity index (χ0) is 27.6. The van der Waals surface area contributed by atoms with E-state index in [1.807, 2.05) is 35.0 Å². The van der Waals surface area contributed by atoms with Crippen molar-refractivity contribution in [3.63, 3.8) is 0 Å². The van der Waals surface area contributed by atoms with Crippen molar-refractivity contribution in [3.8, 4) is 28.8 Å². The van der Waals surface area contributed by atoms with Crippen LogP contribution < -0.4 is 25.1 Å². The van der Waals surface area contributed by atoms with Gasteiger partial charge in [0.05, 0.1) is 42.7 Å². The first kappa shape index (κ1) is 25.1. The number of nitrogens with one attached hydrogen (secondary N) is 1. The van der Waals surface area contributed by atoms with Crippen LogP contribution in [0.25, 0.3) is 16.6 Å². The van der Waals surface area contributed by atoms with E-state index in [0.717, 1.165) is 24.2 Å². The van der Waals surface area contributed by atoms with Crippen LogP contribution >= 0.6 is 0 Å². The van der Waals surface area contributed by atoms with Gasteiger partial charge in [0.15, 0.2) is 11.5 Å². The fourth-order valence-corrected chi connectivity index (χ4v) is 4.93. The molecule has 11 nitrogen and oxygen atoms in total. The Morgan fingerprint density at radius 2 is 1.75 bits per heavy atom. The van der Waals surface area contributed by atoms with Gasteiger partial charge in [-0.25, -0.2) is 19.6 Å². The van der Waals surface area contributed by atoms with Crippen molar-refractivity contribution in [3.05, 3.63) is 88.7 Å². The fourth-order valence-electron chi connectivity index (χ4n) is 4.93. The summed E-state index contributed by atoms with van der Waals surface area (Å²) in [6, 6.07) is 16.1. The average molecular weight is 539 g/mol. The number of fused-ring (bicyclic) bond motifs is 2. The van der Waals surface area contributed by atoms with E-state index in [-0.39, 0.29) is 16.9 Å². The highest BCUT2D eigenvalue weighted by Crippen LogP contribution is 2.35. The summed E-state index contributed by atoms with van der Waals surface area (Å²) in [5.74, 6) is 1.57. The SMILES string of the molecule is COc1cc2ncnc(Oc3ccc(NC(=O)c4c5n(n(-c6ccccc6)c4=O)CCCC5)nc3)c2cc1OC. The molecule has 1 aliphatic heterocycles. The van der Waals surface area contributed by atoms with Crippen LogP contribution in [-0.2, 0) is 13.0 Å². The molecule has 11 heteroatoms. The first-order valence-electron chi connectivity index (χ1n) is 12.8. The Labute approximate surface area is 229 Å². The molecule has 0 saturated carbocycles. The molecule has 0 spiro atoms. The number of hydrogen-bond donors (Lipinski definition) is 1. The summed E-state index contributed by atoms with van der Waals surface area (Å²) < 4.78 is 20.2. The van der Waals surface area contributed by atoms with Gasteiger partial charge in [0.1, 0.15) is 23.5 Å². The molecule has 1 N–H and O–H groups in total. The molecule has 0 aliphatic carbocycles. The van der Waals surface area contributed by atoms with E-state index in [1.165, 1.54) is 12.5 Å². The molecule has 0 bridgehead atoms. The van der Waals surface area contributed by atoms with Gasteiger partial charge in [-0.2, -0.15) is 0 Å². The van der Waals surface area contributed by atoms with Gasteiger partial charge in [0.2, 0.25) is 5.88 Å². The van der Waals surface area contributed by atoms with Gasteiger partial charge < -0.3 is 19.5 Å². The Kier molecular flexibility index (Phi) is 6.61. The second-order valence-electron chi connectivity index (χ2n) is 9.19. The molecule has 3 aromatic heterocycles. The smallest absolute Gasteiger partial charge is 0.284 e. The van der Waals surface area contributed by atoms with Crippen molar-refractivity contribution < 1.29 is 19.0 Å².